The van der Waals surface area contributed by atoms with Crippen LogP contribution in [-0.4, -0.2) is 32.8 Å². The molecule has 4 nitrogen and oxygen atoms in total. The van der Waals surface area contributed by atoms with Gasteiger partial charge in [-0.05, 0) is 4.57 Å². The molecule has 0 spiro atoms. The smallest absolute Gasteiger partial charge is 0.356 e. The van der Waals surface area contributed by atoms with Gasteiger partial charge in [0.1, 0.15) is 0 Å². The van der Waals surface area contributed by atoms with Crippen LogP contribution in [0.5, 0.6) is 0 Å². The van der Waals surface area contributed by atoms with Crippen molar-refractivity contribution in [2.75, 3.05) is 20.4 Å². The second-order valence-corrected chi connectivity index (χ2v) is 4.98. The first-order chi connectivity index (χ1) is 7.21. The molecule has 0 saturated carbocycles. The van der Waals surface area contributed by atoms with Gasteiger partial charge in [0.2, 0.25) is 0 Å². The Morgan fingerprint density at radius 2 is 2.33 bits per heavy atom. The zero-order valence-electron chi connectivity index (χ0n) is 9.22. The molecule has 0 amide bonds. The lowest BCUT2D eigenvalue weighted by molar-refractivity contribution is -0.115. The zero-order chi connectivity index (χ0) is 11.3. The highest BCUT2D eigenvalue weighted by atomic mass is 31.1. The maximum atomic E-state index is 11.1. The molecule has 15 heavy (non-hydrogen) atoms. The van der Waals surface area contributed by atoms with E-state index in [9.17, 15) is 4.57 Å². The Morgan fingerprint density at radius 1 is 1.60 bits per heavy atom. The van der Waals surface area contributed by atoms with Crippen molar-refractivity contribution in [1.82, 2.24) is 0 Å². The molecular weight excluding hydrogens is 215 g/mol. The van der Waals surface area contributed by atoms with Crippen molar-refractivity contribution in [3.8, 4) is 0 Å². The minimum Gasteiger partial charge on any atom is -0.356 e. The van der Waals surface area contributed by atoms with Gasteiger partial charge in [-0.1, -0.05) is 6.08 Å². The van der Waals surface area contributed by atoms with Gasteiger partial charge in [0.05, 0.1) is 13.2 Å². The predicted octanol–water partition coefficient (Wildman–Crippen LogP) is 2.33. The third-order valence-corrected chi connectivity index (χ3v) is 3.66. The van der Waals surface area contributed by atoms with Crippen LogP contribution in [0.1, 0.15) is 12.8 Å². The van der Waals surface area contributed by atoms with Gasteiger partial charge in [0.15, 0.2) is 12.5 Å². The van der Waals surface area contributed by atoms with E-state index >= 15 is 0 Å². The van der Waals surface area contributed by atoms with Gasteiger partial charge in [0.25, 0.3) is 0 Å². The van der Waals surface area contributed by atoms with Crippen LogP contribution in [0.2, 0.25) is 0 Å². The molecule has 1 rings (SSSR count). The van der Waals surface area contributed by atoms with Crippen molar-refractivity contribution in [3.05, 3.63) is 12.7 Å². The summed E-state index contributed by atoms with van der Waals surface area (Å²) in [6.45, 7) is 3.77. The van der Waals surface area contributed by atoms with Crippen molar-refractivity contribution in [2.45, 2.75) is 25.2 Å². The Kier molecular flexibility index (Phi) is 5.40. The van der Waals surface area contributed by atoms with E-state index in [4.69, 9.17) is 14.0 Å². The minimum atomic E-state index is -1.54. The van der Waals surface area contributed by atoms with Gasteiger partial charge >= 0.3 is 8.03 Å². The summed E-state index contributed by atoms with van der Waals surface area (Å²) in [6.07, 6.45) is 3.86. The molecule has 1 aliphatic heterocycles. The van der Waals surface area contributed by atoms with E-state index in [1.807, 2.05) is 6.08 Å². The van der Waals surface area contributed by atoms with Crippen LogP contribution < -0.4 is 0 Å². The Labute approximate surface area is 91.5 Å². The molecule has 0 aromatic rings. The number of ether oxygens (including phenoxy) is 2. The van der Waals surface area contributed by atoms with Gasteiger partial charge in [-0.15, -0.1) is 11.1 Å². The van der Waals surface area contributed by atoms with E-state index in [2.05, 4.69) is 6.58 Å². The number of hydrogen-bond donors (Lipinski definition) is 0. The quantitative estimate of drug-likeness (QED) is 0.521. The van der Waals surface area contributed by atoms with Crippen molar-refractivity contribution in [2.24, 2.45) is 5.92 Å². The topological polar surface area (TPSA) is 44.8 Å². The summed E-state index contributed by atoms with van der Waals surface area (Å²) in [4.78, 5) is 0. The summed E-state index contributed by atoms with van der Waals surface area (Å²) < 4.78 is 26.6. The fraction of sp³-hybridized carbons (Fsp3) is 0.800. The van der Waals surface area contributed by atoms with Crippen LogP contribution in [0.15, 0.2) is 12.7 Å². The standard InChI is InChI=1S/C10H18O4P/c1-4-8-7-10(12-2)14-9(8)5-6-15(11)13-3/h4,8-10H,1,5-7H2,2-3H3/q+1. The molecule has 0 bridgehead atoms. The van der Waals surface area contributed by atoms with Crippen LogP contribution in [-0.2, 0) is 18.6 Å². The van der Waals surface area contributed by atoms with Gasteiger partial charge in [-0.25, -0.2) is 0 Å². The van der Waals surface area contributed by atoms with E-state index in [1.54, 1.807) is 7.11 Å². The highest BCUT2D eigenvalue weighted by molar-refractivity contribution is 7.39. The fourth-order valence-electron chi connectivity index (χ4n) is 1.73. The molecule has 0 N–H and O–H groups in total. The molecule has 0 radical (unpaired) electrons. The largest absolute Gasteiger partial charge is 0.507 e. The van der Waals surface area contributed by atoms with Crippen LogP contribution >= 0.6 is 8.03 Å². The van der Waals surface area contributed by atoms with E-state index in [0.29, 0.717) is 6.16 Å². The zero-order valence-corrected chi connectivity index (χ0v) is 10.1. The normalized spacial score (nSPS) is 31.6. The predicted molar refractivity (Wildman–Crippen MR) is 58.1 cm³/mol. The molecule has 0 aliphatic carbocycles. The van der Waals surface area contributed by atoms with Crippen LogP contribution in [0.3, 0.4) is 0 Å². The van der Waals surface area contributed by atoms with Crippen molar-refractivity contribution < 1.29 is 18.6 Å². The molecule has 4 atom stereocenters. The van der Waals surface area contributed by atoms with E-state index in [0.717, 1.165) is 12.8 Å². The lowest BCUT2D eigenvalue weighted by atomic mass is 10.00. The summed E-state index contributed by atoms with van der Waals surface area (Å²) in [7, 11) is 1.54. The van der Waals surface area contributed by atoms with Crippen LogP contribution in [0, 0.1) is 5.92 Å². The van der Waals surface area contributed by atoms with Crippen molar-refractivity contribution in [3.63, 3.8) is 0 Å². The molecule has 4 unspecified atom stereocenters. The van der Waals surface area contributed by atoms with Crippen molar-refractivity contribution >= 4 is 8.03 Å². The van der Waals surface area contributed by atoms with Gasteiger partial charge in [0, 0.05) is 25.9 Å². The highest BCUT2D eigenvalue weighted by Crippen LogP contribution is 2.32. The highest BCUT2D eigenvalue weighted by Gasteiger charge is 2.35. The van der Waals surface area contributed by atoms with Crippen molar-refractivity contribution in [1.29, 1.82) is 0 Å². The average Bonchev–Trinajstić information content (AvgIpc) is 2.68. The van der Waals surface area contributed by atoms with E-state index in [1.165, 1.54) is 7.11 Å². The molecule has 1 saturated heterocycles. The number of methoxy groups -OCH3 is 1. The lowest BCUT2D eigenvalue weighted by Crippen LogP contribution is -2.16. The summed E-state index contributed by atoms with van der Waals surface area (Å²) in [5.74, 6) is 0.287. The second-order valence-electron chi connectivity index (χ2n) is 3.50. The summed E-state index contributed by atoms with van der Waals surface area (Å²) in [5, 5.41) is 0. The first kappa shape index (κ1) is 12.8. The summed E-state index contributed by atoms with van der Waals surface area (Å²) in [6, 6.07) is 0. The fourth-order valence-corrected chi connectivity index (χ4v) is 2.38. The summed E-state index contributed by atoms with van der Waals surface area (Å²) in [5.41, 5.74) is 0. The van der Waals surface area contributed by atoms with Gasteiger partial charge in [-0.3, -0.25) is 0 Å². The Bertz CT molecular complexity index is 231. The molecule has 1 heterocycles. The molecular formula is C10H18O4P+. The first-order valence-electron chi connectivity index (χ1n) is 5.00. The van der Waals surface area contributed by atoms with E-state index in [-0.39, 0.29) is 18.3 Å². The molecule has 86 valence electrons. The lowest BCUT2D eigenvalue weighted by Gasteiger charge is -2.12. The second kappa shape index (κ2) is 6.33. The third-order valence-electron chi connectivity index (χ3n) is 2.63. The molecule has 1 fully saturated rings. The SMILES string of the molecule is C=CC1CC(OC)OC1CC[P+](=O)OC. The number of rotatable bonds is 6. The third kappa shape index (κ3) is 3.65. The maximum absolute atomic E-state index is 11.1. The first-order valence-corrected chi connectivity index (χ1v) is 6.37. The Hall–Kier alpha value is -0.280. The van der Waals surface area contributed by atoms with Gasteiger partial charge < -0.3 is 9.47 Å². The molecule has 1 aliphatic rings. The molecule has 0 aromatic heterocycles. The monoisotopic (exact) mass is 233 g/mol. The van der Waals surface area contributed by atoms with E-state index < -0.39 is 8.03 Å². The Balaban J connectivity index is 2.39. The average molecular weight is 233 g/mol. The summed E-state index contributed by atoms with van der Waals surface area (Å²) >= 11 is 0. The minimum absolute atomic E-state index is 0.0570. The molecule has 5 heteroatoms. The van der Waals surface area contributed by atoms with Crippen LogP contribution in [0.4, 0.5) is 0 Å². The Morgan fingerprint density at radius 3 is 2.87 bits per heavy atom. The molecule has 0 aromatic carbocycles. The van der Waals surface area contributed by atoms with Crippen LogP contribution in [0.25, 0.3) is 0 Å². The van der Waals surface area contributed by atoms with Gasteiger partial charge in [-0.2, -0.15) is 0 Å². The maximum Gasteiger partial charge on any atom is 0.507 e. The number of hydrogen-bond acceptors (Lipinski definition) is 4.